The molecule has 16 heavy (non-hydrogen) atoms. The predicted molar refractivity (Wildman–Crippen MR) is 70.0 cm³/mol. The largest absolute Gasteiger partial charge is 0.508 e. The molecule has 0 aromatic heterocycles. The van der Waals surface area contributed by atoms with Crippen LogP contribution in [0.25, 0.3) is 5.03 Å². The Kier molecular flexibility index (Phi) is 5.42. The van der Waals surface area contributed by atoms with Gasteiger partial charge in [-0.25, -0.2) is 0 Å². The molecule has 0 amide bonds. The third-order valence-electron chi connectivity index (χ3n) is 2.06. The van der Waals surface area contributed by atoms with Gasteiger partial charge in [-0.15, -0.1) is 0 Å². The molecule has 88 valence electrons. The third-order valence-corrected chi connectivity index (χ3v) is 3.04. The van der Waals surface area contributed by atoms with Gasteiger partial charge in [0.15, 0.2) is 0 Å². The minimum absolute atomic E-state index is 0.0155. The zero-order valence-electron chi connectivity index (χ0n) is 8.73. The van der Waals surface area contributed by atoms with Crippen LogP contribution in [0.5, 0.6) is 5.75 Å². The lowest BCUT2D eigenvalue weighted by atomic mass is 10.1. The van der Waals surface area contributed by atoms with Crippen LogP contribution >= 0.6 is 34.8 Å². The molecule has 0 aliphatic heterocycles. The minimum Gasteiger partial charge on any atom is -0.508 e. The van der Waals surface area contributed by atoms with Crippen LogP contribution in [-0.2, 0) is 6.54 Å². The highest BCUT2D eigenvalue weighted by molar-refractivity contribution is 6.66. The summed E-state index contributed by atoms with van der Waals surface area (Å²) >= 11 is 17.1. The van der Waals surface area contributed by atoms with Crippen LogP contribution in [0.3, 0.4) is 0 Å². The van der Waals surface area contributed by atoms with Crippen molar-refractivity contribution in [1.82, 2.24) is 5.32 Å². The van der Waals surface area contributed by atoms with Gasteiger partial charge in [0.25, 0.3) is 0 Å². The van der Waals surface area contributed by atoms with Gasteiger partial charge in [-0.3, -0.25) is 0 Å². The number of nitrogens with one attached hydrogen (secondary N) is 1. The molecule has 2 N–H and O–H groups in total. The molecule has 0 bridgehead atoms. The quantitative estimate of drug-likeness (QED) is 0.878. The molecule has 0 saturated heterocycles. The fourth-order valence-electron chi connectivity index (χ4n) is 1.23. The second kappa shape index (κ2) is 6.36. The van der Waals surface area contributed by atoms with Crippen LogP contribution in [0.2, 0.25) is 0 Å². The van der Waals surface area contributed by atoms with E-state index >= 15 is 0 Å². The van der Waals surface area contributed by atoms with Gasteiger partial charge in [-0.2, -0.15) is 0 Å². The molecule has 0 fully saturated rings. The average molecular weight is 281 g/mol. The highest BCUT2D eigenvalue weighted by Gasteiger charge is 2.07. The second-order valence-electron chi connectivity index (χ2n) is 3.20. The maximum absolute atomic E-state index is 9.62. The van der Waals surface area contributed by atoms with Crippen LogP contribution in [0.4, 0.5) is 0 Å². The Balaban J connectivity index is 3.02. The van der Waals surface area contributed by atoms with Gasteiger partial charge in [0.05, 0.1) is 5.03 Å². The fraction of sp³-hybridized carbons (Fsp3) is 0.273. The van der Waals surface area contributed by atoms with Crippen molar-refractivity contribution >= 4 is 39.8 Å². The van der Waals surface area contributed by atoms with Gasteiger partial charge in [0, 0.05) is 12.1 Å². The molecular weight excluding hydrogens is 268 g/mol. The van der Waals surface area contributed by atoms with E-state index in [9.17, 15) is 5.11 Å². The van der Waals surface area contributed by atoms with Crippen LogP contribution in [-0.4, -0.2) is 11.7 Å². The Bertz CT molecular complexity index is 400. The number of halogens is 3. The lowest BCUT2D eigenvalue weighted by Gasteiger charge is -2.07. The number of benzene rings is 1. The molecule has 0 radical (unpaired) electrons. The molecule has 0 saturated carbocycles. The van der Waals surface area contributed by atoms with E-state index in [0.29, 0.717) is 12.1 Å². The summed E-state index contributed by atoms with van der Waals surface area (Å²) in [5.41, 5.74) is 1.44. The summed E-state index contributed by atoms with van der Waals surface area (Å²) in [4.78, 5) is 0. The van der Waals surface area contributed by atoms with E-state index in [1.54, 1.807) is 18.2 Å². The smallest absolute Gasteiger partial charge is 0.126 e. The molecule has 0 aliphatic carbocycles. The van der Waals surface area contributed by atoms with Crippen LogP contribution in [0.1, 0.15) is 18.1 Å². The Morgan fingerprint density at radius 1 is 1.31 bits per heavy atom. The number of phenolic OH excluding ortho intramolecular Hbond substituents is 1. The third kappa shape index (κ3) is 3.56. The first-order chi connectivity index (χ1) is 7.56. The van der Waals surface area contributed by atoms with E-state index in [2.05, 4.69) is 5.32 Å². The van der Waals surface area contributed by atoms with Crippen molar-refractivity contribution in [2.24, 2.45) is 0 Å². The average Bonchev–Trinajstić information content (AvgIpc) is 2.27. The van der Waals surface area contributed by atoms with Gasteiger partial charge in [0.2, 0.25) is 0 Å². The molecule has 0 spiro atoms. The maximum atomic E-state index is 9.62. The topological polar surface area (TPSA) is 32.3 Å². The number of aromatic hydroxyl groups is 1. The van der Waals surface area contributed by atoms with Crippen molar-refractivity contribution in [3.05, 3.63) is 33.8 Å². The van der Waals surface area contributed by atoms with Crippen molar-refractivity contribution < 1.29 is 5.11 Å². The molecule has 0 aliphatic rings. The van der Waals surface area contributed by atoms with Gasteiger partial charge in [-0.1, -0.05) is 41.7 Å². The van der Waals surface area contributed by atoms with E-state index < -0.39 is 0 Å². The molecule has 1 aromatic rings. The Hall–Kier alpha value is -0.410. The van der Waals surface area contributed by atoms with Crippen LogP contribution in [0, 0.1) is 0 Å². The molecule has 0 atom stereocenters. The minimum atomic E-state index is 0.0155. The number of hydrogen-bond donors (Lipinski definition) is 2. The van der Waals surface area contributed by atoms with Crippen molar-refractivity contribution in [2.75, 3.05) is 6.54 Å². The van der Waals surface area contributed by atoms with Gasteiger partial charge in [0.1, 0.15) is 10.2 Å². The highest BCUT2D eigenvalue weighted by atomic mass is 35.5. The highest BCUT2D eigenvalue weighted by Crippen LogP contribution is 2.30. The first-order valence-corrected chi connectivity index (χ1v) is 5.93. The number of hydrogen-bond acceptors (Lipinski definition) is 2. The SMILES string of the molecule is CCNCc1cc(C(Cl)=C(Cl)Cl)ccc1O. The molecule has 1 rings (SSSR count). The first kappa shape index (κ1) is 13.7. The Labute approximate surface area is 110 Å². The normalized spacial score (nSPS) is 10.2. The molecular formula is C11H12Cl3NO. The van der Waals surface area contributed by atoms with E-state index in [1.165, 1.54) is 0 Å². The Morgan fingerprint density at radius 2 is 2.00 bits per heavy atom. The summed E-state index contributed by atoms with van der Waals surface area (Å²) in [7, 11) is 0. The van der Waals surface area contributed by atoms with Gasteiger partial charge in [-0.05, 0) is 30.3 Å². The van der Waals surface area contributed by atoms with Gasteiger partial charge >= 0.3 is 0 Å². The zero-order valence-corrected chi connectivity index (χ0v) is 11.0. The Morgan fingerprint density at radius 3 is 2.56 bits per heavy atom. The van der Waals surface area contributed by atoms with E-state index in [1.807, 2.05) is 6.92 Å². The molecule has 5 heteroatoms. The zero-order chi connectivity index (χ0) is 12.1. The van der Waals surface area contributed by atoms with Crippen LogP contribution in [0.15, 0.2) is 22.7 Å². The van der Waals surface area contributed by atoms with Crippen molar-refractivity contribution in [3.63, 3.8) is 0 Å². The maximum Gasteiger partial charge on any atom is 0.126 e. The van der Waals surface area contributed by atoms with E-state index in [4.69, 9.17) is 34.8 Å². The monoisotopic (exact) mass is 279 g/mol. The predicted octanol–water partition coefficient (Wildman–Crippen LogP) is 3.84. The fourth-order valence-corrected chi connectivity index (χ4v) is 1.57. The number of rotatable bonds is 4. The molecule has 0 unspecified atom stereocenters. The lowest BCUT2D eigenvalue weighted by molar-refractivity contribution is 0.465. The van der Waals surface area contributed by atoms with Gasteiger partial charge < -0.3 is 10.4 Å². The molecule has 1 aromatic carbocycles. The summed E-state index contributed by atoms with van der Waals surface area (Å²) in [6, 6.07) is 4.99. The summed E-state index contributed by atoms with van der Waals surface area (Å²) in [6.07, 6.45) is 0. The standard InChI is InChI=1S/C11H12Cl3NO/c1-2-15-6-8-5-7(3-4-9(8)16)10(12)11(13)14/h3-5,15-16H,2,6H2,1H3. The molecule has 2 nitrogen and oxygen atoms in total. The number of phenols is 1. The summed E-state index contributed by atoms with van der Waals surface area (Å²) < 4.78 is 0.0155. The van der Waals surface area contributed by atoms with Crippen molar-refractivity contribution in [3.8, 4) is 5.75 Å². The molecule has 0 heterocycles. The van der Waals surface area contributed by atoms with E-state index in [0.717, 1.165) is 12.1 Å². The first-order valence-electron chi connectivity index (χ1n) is 4.80. The van der Waals surface area contributed by atoms with E-state index in [-0.39, 0.29) is 15.3 Å². The van der Waals surface area contributed by atoms with Crippen molar-refractivity contribution in [2.45, 2.75) is 13.5 Å². The van der Waals surface area contributed by atoms with Crippen molar-refractivity contribution in [1.29, 1.82) is 0 Å². The lowest BCUT2D eigenvalue weighted by Crippen LogP contribution is -2.11. The van der Waals surface area contributed by atoms with Crippen LogP contribution < -0.4 is 5.32 Å². The second-order valence-corrected chi connectivity index (χ2v) is 4.53. The summed E-state index contributed by atoms with van der Waals surface area (Å²) in [5, 5.41) is 13.0. The summed E-state index contributed by atoms with van der Waals surface area (Å²) in [6.45, 7) is 3.38. The summed E-state index contributed by atoms with van der Waals surface area (Å²) in [5.74, 6) is 0.222.